The van der Waals surface area contributed by atoms with Crippen LogP contribution in [0.4, 0.5) is 0 Å². The Hall–Kier alpha value is -3.42. The van der Waals surface area contributed by atoms with Crippen LogP contribution in [0.3, 0.4) is 0 Å². The van der Waals surface area contributed by atoms with Crippen molar-refractivity contribution in [3.05, 3.63) is 0 Å². The summed E-state index contributed by atoms with van der Waals surface area (Å²) in [5, 5.41) is 34.7. The average Bonchev–Trinajstić information content (AvgIpc) is 3.53. The highest BCUT2D eigenvalue weighted by Gasteiger charge is 2.41. The fourth-order valence-electron chi connectivity index (χ4n) is 7.57. The summed E-state index contributed by atoms with van der Waals surface area (Å²) in [6.45, 7) is 16.4. The monoisotopic (exact) mass is 828 g/mol. The van der Waals surface area contributed by atoms with Gasteiger partial charge in [-0.1, -0.05) is 20.3 Å². The van der Waals surface area contributed by atoms with Gasteiger partial charge in [0, 0.05) is 83.6 Å². The molecule has 18 heteroatoms. The van der Waals surface area contributed by atoms with E-state index in [2.05, 4.69) is 24.5 Å². The molecule has 0 aromatic rings. The molecule has 0 bridgehead atoms. The minimum Gasteiger partial charge on any atom is -0.480 e. The number of likely N-dealkylation sites (tertiary alicyclic amines) is 1. The summed E-state index contributed by atoms with van der Waals surface area (Å²) < 4.78 is 11.7. The Bertz CT molecular complexity index is 1340. The second-order valence-electron chi connectivity index (χ2n) is 17.6. The van der Waals surface area contributed by atoms with Crippen molar-refractivity contribution in [3.63, 3.8) is 0 Å². The van der Waals surface area contributed by atoms with Gasteiger partial charge < -0.3 is 40.3 Å². The number of carbonyl (C=O) groups is 6. The summed E-state index contributed by atoms with van der Waals surface area (Å²) in [5.74, 6) is -3.23. The van der Waals surface area contributed by atoms with Crippen molar-refractivity contribution in [2.24, 2.45) is 5.92 Å². The number of aliphatic carboxylic acids is 3. The van der Waals surface area contributed by atoms with Crippen molar-refractivity contribution in [2.45, 2.75) is 110 Å². The van der Waals surface area contributed by atoms with Crippen molar-refractivity contribution < 1.29 is 53.6 Å². The number of nitrogens with zero attached hydrogens (tertiary/aromatic N) is 5. The number of carboxylic acid groups (broad SMARTS) is 3. The normalized spacial score (nSPS) is 18.1. The number of rotatable bonds is 27. The predicted octanol–water partition coefficient (Wildman–Crippen LogP) is 0.881. The summed E-state index contributed by atoms with van der Waals surface area (Å²) in [7, 11) is 1.65. The third kappa shape index (κ3) is 19.1. The lowest BCUT2D eigenvalue weighted by Gasteiger charge is -2.44. The standard InChI is InChI=1S/C40H73N7O11/c1-9-57-38(4,5)26-41-32(48)21-47(22-33(49)42-27-39(6,7)58-19-14-30(2)3)31-13-16-46(20-31)34(50)12-10-11-15-40(43(8)23-35(51)52)28-44(24-36(53)54)17-18-45(29-40)25-37(55)56/h30-31H,9-29H2,1-8H3,(H,41,48)(H,42,49)(H,51,52)(H,53,54)(H,55,56). The second-order valence-corrected chi connectivity index (χ2v) is 17.6. The molecule has 0 aromatic carbocycles. The molecule has 2 fully saturated rings. The fourth-order valence-corrected chi connectivity index (χ4v) is 7.57. The van der Waals surface area contributed by atoms with E-state index in [4.69, 9.17) is 9.47 Å². The predicted molar refractivity (Wildman–Crippen MR) is 217 cm³/mol. The van der Waals surface area contributed by atoms with E-state index < -0.39 is 34.6 Å². The Kier molecular flexibility index (Phi) is 21.0. The Balaban J connectivity index is 2.12. The summed E-state index contributed by atoms with van der Waals surface area (Å²) in [4.78, 5) is 83.9. The lowest BCUT2D eigenvalue weighted by atomic mass is 9.88. The van der Waals surface area contributed by atoms with Crippen LogP contribution in [0, 0.1) is 5.92 Å². The van der Waals surface area contributed by atoms with E-state index in [0.717, 1.165) is 6.42 Å². The lowest BCUT2D eigenvalue weighted by molar-refractivity contribution is -0.142. The van der Waals surface area contributed by atoms with Crippen LogP contribution in [-0.2, 0) is 38.2 Å². The molecule has 2 rings (SSSR count). The molecule has 0 radical (unpaired) electrons. The van der Waals surface area contributed by atoms with Gasteiger partial charge in [-0.25, -0.2) is 0 Å². The van der Waals surface area contributed by atoms with Gasteiger partial charge in [0.1, 0.15) is 0 Å². The Morgan fingerprint density at radius 3 is 1.81 bits per heavy atom. The molecular weight excluding hydrogens is 754 g/mol. The molecule has 0 aliphatic carbocycles. The minimum absolute atomic E-state index is 0.0409. The van der Waals surface area contributed by atoms with Crippen molar-refractivity contribution in [3.8, 4) is 0 Å². The third-order valence-corrected chi connectivity index (χ3v) is 10.8. The molecule has 3 amide bonds. The maximum Gasteiger partial charge on any atom is 0.317 e. The van der Waals surface area contributed by atoms with E-state index >= 15 is 0 Å². The summed E-state index contributed by atoms with van der Waals surface area (Å²) in [5.41, 5.74) is -2.02. The van der Waals surface area contributed by atoms with E-state index in [1.807, 2.05) is 39.5 Å². The van der Waals surface area contributed by atoms with Crippen LogP contribution in [0.25, 0.3) is 0 Å². The van der Waals surface area contributed by atoms with Crippen LogP contribution in [-0.4, -0.2) is 204 Å². The van der Waals surface area contributed by atoms with E-state index in [9.17, 15) is 44.1 Å². The quantitative estimate of drug-likeness (QED) is 0.0726. The maximum atomic E-state index is 13.6. The van der Waals surface area contributed by atoms with Gasteiger partial charge >= 0.3 is 17.9 Å². The first-order chi connectivity index (χ1) is 27.0. The molecule has 0 aromatic heterocycles. The van der Waals surface area contributed by atoms with E-state index in [-0.39, 0.29) is 76.0 Å². The lowest BCUT2D eigenvalue weighted by Crippen LogP contribution is -2.59. The van der Waals surface area contributed by atoms with Gasteiger partial charge in [-0.3, -0.25) is 48.4 Å². The first kappa shape index (κ1) is 50.7. The van der Waals surface area contributed by atoms with Crippen LogP contribution < -0.4 is 10.6 Å². The number of carbonyl (C=O) groups excluding carboxylic acids is 3. The Morgan fingerprint density at radius 1 is 0.793 bits per heavy atom. The number of hydrogen-bond donors (Lipinski definition) is 5. The van der Waals surface area contributed by atoms with Gasteiger partial charge in [0.05, 0.1) is 43.9 Å². The first-order valence-electron chi connectivity index (χ1n) is 20.7. The topological polar surface area (TPSA) is 222 Å². The van der Waals surface area contributed by atoms with E-state index in [0.29, 0.717) is 84.1 Å². The Morgan fingerprint density at radius 2 is 1.33 bits per heavy atom. The number of nitrogens with one attached hydrogen (secondary N) is 2. The smallest absolute Gasteiger partial charge is 0.317 e. The van der Waals surface area contributed by atoms with Crippen LogP contribution in [0.15, 0.2) is 0 Å². The molecule has 334 valence electrons. The molecule has 0 saturated carbocycles. The van der Waals surface area contributed by atoms with Gasteiger partial charge in [-0.15, -0.1) is 0 Å². The summed E-state index contributed by atoms with van der Waals surface area (Å²) >= 11 is 0. The zero-order valence-corrected chi connectivity index (χ0v) is 36.3. The van der Waals surface area contributed by atoms with Gasteiger partial charge in [0.2, 0.25) is 17.7 Å². The molecule has 2 saturated heterocycles. The number of carboxylic acids is 3. The third-order valence-electron chi connectivity index (χ3n) is 10.8. The average molecular weight is 828 g/mol. The first-order valence-corrected chi connectivity index (χ1v) is 20.7. The number of hydrogen-bond acceptors (Lipinski definition) is 12. The molecular formula is C40H73N7O11. The van der Waals surface area contributed by atoms with E-state index in [1.165, 1.54) is 0 Å². The zero-order chi connectivity index (χ0) is 43.7. The van der Waals surface area contributed by atoms with Crippen molar-refractivity contribution >= 4 is 35.6 Å². The molecule has 58 heavy (non-hydrogen) atoms. The molecule has 18 nitrogen and oxygen atoms in total. The summed E-state index contributed by atoms with van der Waals surface area (Å²) in [6.07, 6.45) is 3.08. The maximum absolute atomic E-state index is 13.6. The van der Waals surface area contributed by atoms with Gasteiger partial charge in [-0.2, -0.15) is 0 Å². The summed E-state index contributed by atoms with van der Waals surface area (Å²) in [6, 6.07) is -0.241. The number of ether oxygens (including phenoxy) is 2. The fraction of sp³-hybridized carbons (Fsp3) is 0.850. The molecule has 5 N–H and O–H groups in total. The van der Waals surface area contributed by atoms with Crippen LogP contribution >= 0.6 is 0 Å². The largest absolute Gasteiger partial charge is 0.480 e. The number of amides is 3. The Labute approximate surface area is 344 Å². The highest BCUT2D eigenvalue weighted by molar-refractivity contribution is 5.81. The van der Waals surface area contributed by atoms with Crippen LogP contribution in [0.5, 0.6) is 0 Å². The molecule has 2 aliphatic rings. The molecule has 1 unspecified atom stereocenters. The van der Waals surface area contributed by atoms with Crippen molar-refractivity contribution in [1.29, 1.82) is 0 Å². The molecule has 1 atom stereocenters. The van der Waals surface area contributed by atoms with Gasteiger partial charge in [0.15, 0.2) is 0 Å². The zero-order valence-electron chi connectivity index (χ0n) is 36.3. The SMILES string of the molecule is CCOC(C)(C)CNC(=O)CN(CC(=O)NCC(C)(C)OCCC(C)C)C1CCN(C(=O)CCCCC2(N(C)CC(=O)O)CN(CC(=O)O)CCN(CC(=O)O)C2)C1. The van der Waals surface area contributed by atoms with Crippen LogP contribution in [0.2, 0.25) is 0 Å². The van der Waals surface area contributed by atoms with E-state index in [1.54, 1.807) is 26.6 Å². The second kappa shape index (κ2) is 24.0. The molecule has 0 spiro atoms. The molecule has 2 heterocycles. The highest BCUT2D eigenvalue weighted by atomic mass is 16.5. The van der Waals surface area contributed by atoms with Crippen molar-refractivity contribution in [2.75, 3.05) is 105 Å². The number of likely N-dealkylation sites (N-methyl/N-ethyl adjacent to an activating group) is 1. The highest BCUT2D eigenvalue weighted by Crippen LogP contribution is 2.28. The van der Waals surface area contributed by atoms with Gasteiger partial charge in [0.25, 0.3) is 0 Å². The molecule has 2 aliphatic heterocycles. The minimum atomic E-state index is -1.06. The van der Waals surface area contributed by atoms with Crippen molar-refractivity contribution in [1.82, 2.24) is 35.1 Å². The van der Waals surface area contributed by atoms with Crippen LogP contribution in [0.1, 0.15) is 87.0 Å². The number of unbranched alkanes of at least 4 members (excludes halogenated alkanes) is 1. The van der Waals surface area contributed by atoms with Gasteiger partial charge in [-0.05, 0) is 73.3 Å².